The first-order valence-corrected chi connectivity index (χ1v) is 8.64. The smallest absolute Gasteiger partial charge is 0.334 e. The molecule has 3 rings (SSSR count). The Balaban J connectivity index is 1.95. The molecule has 3 atom stereocenters. The van der Waals surface area contributed by atoms with Crippen molar-refractivity contribution in [3.63, 3.8) is 0 Å². The fraction of sp³-hybridized carbons (Fsp3) is 0.350. The predicted molar refractivity (Wildman–Crippen MR) is 98.6 cm³/mol. The monoisotopic (exact) mass is 387 g/mol. The lowest BCUT2D eigenvalue weighted by Gasteiger charge is -2.47. The van der Waals surface area contributed by atoms with E-state index in [2.05, 4.69) is 11.3 Å². The number of hydrogen-bond acceptors (Lipinski definition) is 7. The highest BCUT2D eigenvalue weighted by molar-refractivity contribution is 6.05. The molecule has 1 amide bonds. The number of nitrogens with zero attached hydrogens (tertiary/aromatic N) is 1. The molecule has 1 aromatic rings. The molecule has 2 saturated heterocycles. The first-order chi connectivity index (χ1) is 13.3. The van der Waals surface area contributed by atoms with Gasteiger partial charge in [0, 0.05) is 19.0 Å². The molecule has 148 valence electrons. The first kappa shape index (κ1) is 19.5. The summed E-state index contributed by atoms with van der Waals surface area (Å²) in [6.07, 6.45) is -0.220. The Morgan fingerprint density at radius 2 is 1.93 bits per heavy atom. The number of hydrogen-bond donors (Lipinski definition) is 0. The average molecular weight is 387 g/mol. The van der Waals surface area contributed by atoms with Gasteiger partial charge in [0.2, 0.25) is 6.10 Å². The molecule has 0 unspecified atom stereocenters. The SMILES string of the molecule is C=C1C[C@@H](OC(C)=O)[C@H]2[C@@H](O/C1=C\C(=O)OC)C(=O)N2c1ccc(OC)cc1. The third kappa shape index (κ3) is 3.58. The molecule has 8 nitrogen and oxygen atoms in total. The number of ether oxygens (including phenoxy) is 4. The Labute approximate surface area is 162 Å². The number of methoxy groups -OCH3 is 2. The van der Waals surface area contributed by atoms with Crippen LogP contribution in [-0.4, -0.2) is 50.3 Å². The highest BCUT2D eigenvalue weighted by Crippen LogP contribution is 2.40. The van der Waals surface area contributed by atoms with Crippen LogP contribution >= 0.6 is 0 Å². The van der Waals surface area contributed by atoms with E-state index in [-0.39, 0.29) is 18.1 Å². The number of fused-ring (bicyclic) bond motifs is 1. The summed E-state index contributed by atoms with van der Waals surface area (Å²) < 4.78 is 21.0. The quantitative estimate of drug-likeness (QED) is 0.441. The van der Waals surface area contributed by atoms with E-state index in [1.54, 1.807) is 31.4 Å². The van der Waals surface area contributed by atoms with Crippen LogP contribution in [0.4, 0.5) is 5.69 Å². The van der Waals surface area contributed by atoms with Crippen molar-refractivity contribution in [3.8, 4) is 5.75 Å². The molecule has 28 heavy (non-hydrogen) atoms. The van der Waals surface area contributed by atoms with Gasteiger partial charge in [0.05, 0.1) is 20.3 Å². The van der Waals surface area contributed by atoms with Crippen molar-refractivity contribution in [2.24, 2.45) is 0 Å². The number of allylic oxidation sites excluding steroid dienone is 1. The second-order valence-electron chi connectivity index (χ2n) is 6.42. The molecule has 8 heteroatoms. The third-order valence-corrected chi connectivity index (χ3v) is 4.64. The summed E-state index contributed by atoms with van der Waals surface area (Å²) in [5, 5.41) is 0. The molecule has 2 fully saturated rings. The maximum Gasteiger partial charge on any atom is 0.334 e. The topological polar surface area (TPSA) is 91.4 Å². The minimum absolute atomic E-state index is 0.152. The standard InChI is InChI=1S/C20H21NO7/c1-11-9-16(27-12(2)22)18-19(28-15(11)10-17(23)26-4)20(24)21(18)13-5-7-14(25-3)8-6-13/h5-8,10,16,18-19H,1,9H2,2-4H3/b15-10-/t16-,18+,19-/m1/s1. The number of carbonyl (C=O) groups is 3. The number of β-lactam (4-membered cyclic amide) rings is 1. The van der Waals surface area contributed by atoms with Crippen LogP contribution in [0.5, 0.6) is 5.75 Å². The summed E-state index contributed by atoms with van der Waals surface area (Å²) in [4.78, 5) is 37.6. The molecule has 2 aliphatic rings. The molecule has 2 heterocycles. The van der Waals surface area contributed by atoms with E-state index >= 15 is 0 Å². The second-order valence-corrected chi connectivity index (χ2v) is 6.42. The Morgan fingerprint density at radius 3 is 2.50 bits per heavy atom. The number of esters is 2. The van der Waals surface area contributed by atoms with Crippen LogP contribution in [0.1, 0.15) is 13.3 Å². The molecule has 0 radical (unpaired) electrons. The lowest BCUT2D eigenvalue weighted by Crippen LogP contribution is -2.70. The first-order valence-electron chi connectivity index (χ1n) is 8.64. The average Bonchev–Trinajstić information content (AvgIpc) is 2.77. The molecule has 2 aliphatic heterocycles. The van der Waals surface area contributed by atoms with E-state index < -0.39 is 30.2 Å². The van der Waals surface area contributed by atoms with Crippen molar-refractivity contribution in [1.29, 1.82) is 0 Å². The van der Waals surface area contributed by atoms with Crippen LogP contribution in [0.3, 0.4) is 0 Å². The summed E-state index contributed by atoms with van der Waals surface area (Å²) in [6.45, 7) is 5.20. The number of benzene rings is 1. The molecular weight excluding hydrogens is 366 g/mol. The Morgan fingerprint density at radius 1 is 1.25 bits per heavy atom. The van der Waals surface area contributed by atoms with Crippen molar-refractivity contribution in [1.82, 2.24) is 0 Å². The van der Waals surface area contributed by atoms with Crippen LogP contribution < -0.4 is 9.64 Å². The van der Waals surface area contributed by atoms with Gasteiger partial charge in [-0.15, -0.1) is 0 Å². The zero-order valence-electron chi connectivity index (χ0n) is 15.8. The lowest BCUT2D eigenvalue weighted by atomic mass is 9.89. The van der Waals surface area contributed by atoms with Gasteiger partial charge in [-0.2, -0.15) is 0 Å². The van der Waals surface area contributed by atoms with Crippen LogP contribution in [0.15, 0.2) is 48.3 Å². The van der Waals surface area contributed by atoms with Gasteiger partial charge in [0.1, 0.15) is 23.7 Å². The van der Waals surface area contributed by atoms with E-state index in [1.807, 2.05) is 0 Å². The molecule has 1 aromatic carbocycles. The normalized spacial score (nSPS) is 25.2. The Hall–Kier alpha value is -3.29. The zero-order chi connectivity index (χ0) is 20.4. The minimum Gasteiger partial charge on any atom is -0.497 e. The summed E-state index contributed by atoms with van der Waals surface area (Å²) in [5.74, 6) is -0.612. The van der Waals surface area contributed by atoms with Crippen LogP contribution in [0.25, 0.3) is 0 Å². The third-order valence-electron chi connectivity index (χ3n) is 4.64. The summed E-state index contributed by atoms with van der Waals surface area (Å²) >= 11 is 0. The minimum atomic E-state index is -0.901. The van der Waals surface area contributed by atoms with Crippen LogP contribution in [-0.2, 0) is 28.6 Å². The van der Waals surface area contributed by atoms with Crippen LogP contribution in [0, 0.1) is 0 Å². The molecular formula is C20H21NO7. The maximum absolute atomic E-state index is 12.8. The Kier molecular flexibility index (Phi) is 5.39. The second kappa shape index (κ2) is 7.75. The van der Waals surface area contributed by atoms with Crippen molar-refractivity contribution >= 4 is 23.5 Å². The fourth-order valence-corrected chi connectivity index (χ4v) is 3.32. The van der Waals surface area contributed by atoms with Gasteiger partial charge in [-0.25, -0.2) is 4.79 Å². The summed E-state index contributed by atoms with van der Waals surface area (Å²) in [7, 11) is 2.79. The number of carbonyl (C=O) groups excluding carboxylic acids is 3. The molecule has 0 aliphatic carbocycles. The van der Waals surface area contributed by atoms with Gasteiger partial charge in [-0.1, -0.05) is 6.58 Å². The lowest BCUT2D eigenvalue weighted by molar-refractivity contribution is -0.156. The van der Waals surface area contributed by atoms with Gasteiger partial charge < -0.3 is 18.9 Å². The van der Waals surface area contributed by atoms with Gasteiger partial charge >= 0.3 is 11.9 Å². The van der Waals surface area contributed by atoms with Gasteiger partial charge in [0.25, 0.3) is 5.91 Å². The van der Waals surface area contributed by atoms with Crippen LogP contribution in [0.2, 0.25) is 0 Å². The zero-order valence-corrected chi connectivity index (χ0v) is 15.8. The van der Waals surface area contributed by atoms with E-state index in [0.29, 0.717) is 17.0 Å². The fourth-order valence-electron chi connectivity index (χ4n) is 3.32. The highest BCUT2D eigenvalue weighted by atomic mass is 16.6. The highest BCUT2D eigenvalue weighted by Gasteiger charge is 2.56. The van der Waals surface area contributed by atoms with E-state index in [4.69, 9.17) is 14.2 Å². The van der Waals surface area contributed by atoms with Crippen molar-refractivity contribution in [3.05, 3.63) is 48.3 Å². The predicted octanol–water partition coefficient (Wildman–Crippen LogP) is 1.74. The van der Waals surface area contributed by atoms with Crippen molar-refractivity contribution in [2.75, 3.05) is 19.1 Å². The Bertz CT molecular complexity index is 843. The number of amides is 1. The molecule has 0 saturated carbocycles. The maximum atomic E-state index is 12.8. The van der Waals surface area contributed by atoms with Gasteiger partial charge in [-0.3, -0.25) is 14.5 Å². The summed E-state index contributed by atoms with van der Waals surface area (Å²) in [6, 6.07) is 6.39. The molecule has 0 spiro atoms. The van der Waals surface area contributed by atoms with E-state index in [0.717, 1.165) is 6.08 Å². The summed E-state index contributed by atoms with van der Waals surface area (Å²) in [5.41, 5.74) is 1.06. The molecule has 0 bridgehead atoms. The van der Waals surface area contributed by atoms with E-state index in [9.17, 15) is 14.4 Å². The number of rotatable bonds is 4. The van der Waals surface area contributed by atoms with E-state index in [1.165, 1.54) is 18.9 Å². The van der Waals surface area contributed by atoms with Gasteiger partial charge in [-0.05, 0) is 29.8 Å². The van der Waals surface area contributed by atoms with Crippen molar-refractivity contribution in [2.45, 2.75) is 31.6 Å². The molecule has 0 N–H and O–H groups in total. The van der Waals surface area contributed by atoms with Crippen molar-refractivity contribution < 1.29 is 33.3 Å². The van der Waals surface area contributed by atoms with Gasteiger partial charge in [0.15, 0.2) is 0 Å². The molecule has 0 aromatic heterocycles. The largest absolute Gasteiger partial charge is 0.497 e. The number of anilines is 1.